The molecule has 0 aromatic heterocycles. The molecule has 0 fully saturated rings. The fourth-order valence-corrected chi connectivity index (χ4v) is 1.76. The fourth-order valence-electron chi connectivity index (χ4n) is 1.35. The molecule has 0 saturated heterocycles. The van der Waals surface area contributed by atoms with E-state index in [0.29, 0.717) is 5.56 Å². The van der Waals surface area contributed by atoms with Gasteiger partial charge in [-0.2, -0.15) is 0 Å². The molecule has 1 rings (SSSR count). The van der Waals surface area contributed by atoms with Gasteiger partial charge in [0.2, 0.25) is 5.91 Å². The molecule has 0 heterocycles. The lowest BCUT2D eigenvalue weighted by molar-refractivity contribution is -0.122. The zero-order valence-corrected chi connectivity index (χ0v) is 11.5. The molecule has 3 N–H and O–H groups in total. The molecule has 0 atom stereocenters. The summed E-state index contributed by atoms with van der Waals surface area (Å²) in [5.74, 6) is -0.516. The quantitative estimate of drug-likeness (QED) is 0.897. The van der Waals surface area contributed by atoms with Crippen molar-refractivity contribution in [3.8, 4) is 0 Å². The second-order valence-electron chi connectivity index (χ2n) is 4.68. The number of rotatable bonds is 4. The third-order valence-electron chi connectivity index (χ3n) is 2.10. The first-order valence-electron chi connectivity index (χ1n) is 5.27. The van der Waals surface area contributed by atoms with Crippen LogP contribution in [0.5, 0.6) is 0 Å². The Morgan fingerprint density at radius 3 is 2.76 bits per heavy atom. The van der Waals surface area contributed by atoms with Crippen molar-refractivity contribution in [3.05, 3.63) is 34.1 Å². The van der Waals surface area contributed by atoms with Crippen molar-refractivity contribution >= 4 is 21.8 Å². The van der Waals surface area contributed by atoms with Crippen LogP contribution >= 0.6 is 15.9 Å². The zero-order valence-electron chi connectivity index (χ0n) is 9.89. The van der Waals surface area contributed by atoms with Gasteiger partial charge in [-0.3, -0.25) is 4.79 Å². The number of nitrogens with one attached hydrogen (secondary N) is 1. The highest BCUT2D eigenvalue weighted by molar-refractivity contribution is 9.10. The molecule has 0 aliphatic heterocycles. The van der Waals surface area contributed by atoms with Gasteiger partial charge in [-0.15, -0.1) is 0 Å². The maximum Gasteiger partial charge on any atom is 0.222 e. The molecule has 17 heavy (non-hydrogen) atoms. The van der Waals surface area contributed by atoms with Gasteiger partial charge in [0.05, 0.1) is 0 Å². The van der Waals surface area contributed by atoms with Crippen LogP contribution in [0.4, 0.5) is 4.39 Å². The van der Waals surface area contributed by atoms with Crippen LogP contribution in [-0.2, 0) is 11.3 Å². The Hall–Kier alpha value is -0.940. The molecule has 1 amide bonds. The summed E-state index contributed by atoms with van der Waals surface area (Å²) in [5.41, 5.74) is 5.61. The van der Waals surface area contributed by atoms with Crippen LogP contribution in [0.2, 0.25) is 0 Å². The van der Waals surface area contributed by atoms with E-state index in [9.17, 15) is 9.18 Å². The maximum absolute atomic E-state index is 13.4. The van der Waals surface area contributed by atoms with Gasteiger partial charge in [-0.05, 0) is 32.0 Å². The van der Waals surface area contributed by atoms with Crippen molar-refractivity contribution in [2.24, 2.45) is 5.73 Å². The summed E-state index contributed by atoms with van der Waals surface area (Å²) in [7, 11) is 0. The molecule has 1 aromatic rings. The van der Waals surface area contributed by atoms with Crippen molar-refractivity contribution in [2.75, 3.05) is 0 Å². The minimum absolute atomic E-state index is 0.167. The highest BCUT2D eigenvalue weighted by Crippen LogP contribution is 2.15. The summed E-state index contributed by atoms with van der Waals surface area (Å²) in [6.45, 7) is 3.71. The molecule has 0 bridgehead atoms. The van der Waals surface area contributed by atoms with Crippen LogP contribution in [0.15, 0.2) is 22.7 Å². The van der Waals surface area contributed by atoms with Crippen molar-refractivity contribution < 1.29 is 9.18 Å². The summed E-state index contributed by atoms with van der Waals surface area (Å²) in [6, 6.07) is 4.62. The first kappa shape index (κ1) is 14.1. The highest BCUT2D eigenvalue weighted by Gasteiger charge is 2.16. The first-order chi connectivity index (χ1) is 7.78. The average molecular weight is 303 g/mol. The van der Waals surface area contributed by atoms with Crippen molar-refractivity contribution in [1.29, 1.82) is 0 Å². The lowest BCUT2D eigenvalue weighted by Gasteiger charge is -2.17. The van der Waals surface area contributed by atoms with E-state index in [4.69, 9.17) is 5.73 Å². The maximum atomic E-state index is 13.4. The Morgan fingerprint density at radius 2 is 2.18 bits per heavy atom. The van der Waals surface area contributed by atoms with Gasteiger partial charge < -0.3 is 11.1 Å². The lowest BCUT2D eigenvalue weighted by atomic mass is 10.0. The Balaban J connectivity index is 2.56. The van der Waals surface area contributed by atoms with Crippen molar-refractivity contribution in [1.82, 2.24) is 5.32 Å². The van der Waals surface area contributed by atoms with Crippen molar-refractivity contribution in [3.63, 3.8) is 0 Å². The molecule has 5 heteroatoms. The molecule has 94 valence electrons. The van der Waals surface area contributed by atoms with E-state index in [0.717, 1.165) is 4.47 Å². The number of hydrogen-bond acceptors (Lipinski definition) is 2. The van der Waals surface area contributed by atoms with E-state index in [1.54, 1.807) is 26.0 Å². The van der Waals surface area contributed by atoms with Crippen LogP contribution in [0.25, 0.3) is 0 Å². The number of hydrogen-bond donors (Lipinski definition) is 2. The molecular weight excluding hydrogens is 287 g/mol. The molecule has 3 nitrogen and oxygen atoms in total. The van der Waals surface area contributed by atoms with E-state index in [-0.39, 0.29) is 24.7 Å². The average Bonchev–Trinajstić information content (AvgIpc) is 2.17. The van der Waals surface area contributed by atoms with Crippen LogP contribution in [0, 0.1) is 5.82 Å². The molecule has 1 aromatic carbocycles. The minimum atomic E-state index is -0.556. The molecule has 0 saturated carbocycles. The Kier molecular flexibility index (Phi) is 4.65. The first-order valence-corrected chi connectivity index (χ1v) is 6.07. The van der Waals surface area contributed by atoms with E-state index in [1.165, 1.54) is 6.07 Å². The normalized spacial score (nSPS) is 11.4. The Morgan fingerprint density at radius 1 is 1.53 bits per heavy atom. The van der Waals surface area contributed by atoms with Gasteiger partial charge in [-0.1, -0.05) is 15.9 Å². The van der Waals surface area contributed by atoms with E-state index in [2.05, 4.69) is 21.2 Å². The standard InChI is InChI=1S/C12H16BrFN2O/c1-12(2,15)6-11(17)16-7-8-5-9(13)3-4-10(8)14/h3-5H,6-7,15H2,1-2H3,(H,16,17). The smallest absolute Gasteiger partial charge is 0.222 e. The van der Waals surface area contributed by atoms with Crippen LogP contribution in [-0.4, -0.2) is 11.4 Å². The van der Waals surface area contributed by atoms with Crippen LogP contribution in [0.1, 0.15) is 25.8 Å². The summed E-state index contributed by atoms with van der Waals surface area (Å²) in [4.78, 5) is 11.5. The third kappa shape index (κ3) is 5.28. The number of benzene rings is 1. The SMILES string of the molecule is CC(C)(N)CC(=O)NCc1cc(Br)ccc1F. The van der Waals surface area contributed by atoms with Gasteiger partial charge in [0.25, 0.3) is 0 Å². The Labute approximate surface area is 109 Å². The van der Waals surface area contributed by atoms with Gasteiger partial charge in [0, 0.05) is 28.5 Å². The van der Waals surface area contributed by atoms with Gasteiger partial charge >= 0.3 is 0 Å². The molecule has 0 aliphatic rings. The molecule has 0 spiro atoms. The largest absolute Gasteiger partial charge is 0.352 e. The second kappa shape index (κ2) is 5.60. The van der Waals surface area contributed by atoms with E-state index < -0.39 is 5.54 Å². The van der Waals surface area contributed by atoms with E-state index in [1.807, 2.05) is 0 Å². The van der Waals surface area contributed by atoms with Gasteiger partial charge in [0.1, 0.15) is 5.82 Å². The third-order valence-corrected chi connectivity index (χ3v) is 2.59. The summed E-state index contributed by atoms with van der Waals surface area (Å²) in [6.07, 6.45) is 0.211. The van der Waals surface area contributed by atoms with Gasteiger partial charge in [0.15, 0.2) is 0 Å². The molecule has 0 unspecified atom stereocenters. The number of halogens is 2. The van der Waals surface area contributed by atoms with Crippen molar-refractivity contribution in [2.45, 2.75) is 32.4 Å². The molecular formula is C12H16BrFN2O. The van der Waals surface area contributed by atoms with Crippen LogP contribution in [0.3, 0.4) is 0 Å². The van der Waals surface area contributed by atoms with Gasteiger partial charge in [-0.25, -0.2) is 4.39 Å². The minimum Gasteiger partial charge on any atom is -0.352 e. The zero-order chi connectivity index (χ0) is 13.1. The monoisotopic (exact) mass is 302 g/mol. The highest BCUT2D eigenvalue weighted by atomic mass is 79.9. The summed E-state index contributed by atoms with van der Waals surface area (Å²) < 4.78 is 14.1. The second-order valence-corrected chi connectivity index (χ2v) is 5.59. The lowest BCUT2D eigenvalue weighted by Crippen LogP contribution is -2.38. The fraction of sp³-hybridized carbons (Fsp3) is 0.417. The number of amides is 1. The number of nitrogens with two attached hydrogens (primary N) is 1. The van der Waals surface area contributed by atoms with E-state index >= 15 is 0 Å². The van der Waals surface area contributed by atoms with Crippen LogP contribution < -0.4 is 11.1 Å². The Bertz CT molecular complexity index is 415. The molecule has 0 radical (unpaired) electrons. The summed E-state index contributed by atoms with van der Waals surface area (Å²) in [5, 5.41) is 2.64. The number of carbonyl (C=O) groups is 1. The number of carbonyl (C=O) groups excluding carboxylic acids is 1. The predicted molar refractivity (Wildman–Crippen MR) is 68.8 cm³/mol. The molecule has 0 aliphatic carbocycles. The topological polar surface area (TPSA) is 55.1 Å². The summed E-state index contributed by atoms with van der Waals surface area (Å²) >= 11 is 3.25. The predicted octanol–water partition coefficient (Wildman–Crippen LogP) is 2.33.